The third kappa shape index (κ3) is 5.80. The highest BCUT2D eigenvalue weighted by molar-refractivity contribution is 5.76. The van der Waals surface area contributed by atoms with Crippen molar-refractivity contribution in [3.05, 3.63) is 0 Å². The molecule has 0 bridgehead atoms. The van der Waals surface area contributed by atoms with Gasteiger partial charge in [-0.05, 0) is 31.2 Å². The SMILES string of the molecule is CCC(CO)(CO)NC(=O)CCC(C)(C)CCN. The van der Waals surface area contributed by atoms with Gasteiger partial charge in [-0.3, -0.25) is 4.79 Å². The molecule has 1 amide bonds. The molecule has 5 N–H and O–H groups in total. The molecule has 0 aromatic carbocycles. The first-order valence-corrected chi connectivity index (χ1v) is 6.57. The average Bonchev–Trinajstić information content (AvgIpc) is 2.34. The Balaban J connectivity index is 4.26. The van der Waals surface area contributed by atoms with Crippen LogP contribution >= 0.6 is 0 Å². The van der Waals surface area contributed by atoms with E-state index < -0.39 is 5.54 Å². The van der Waals surface area contributed by atoms with Gasteiger partial charge in [-0.2, -0.15) is 0 Å². The van der Waals surface area contributed by atoms with E-state index in [1.807, 2.05) is 6.92 Å². The molecule has 0 fully saturated rings. The molecule has 0 saturated carbocycles. The van der Waals surface area contributed by atoms with Crippen molar-refractivity contribution >= 4 is 5.91 Å². The van der Waals surface area contributed by atoms with Gasteiger partial charge in [-0.15, -0.1) is 0 Å². The van der Waals surface area contributed by atoms with Gasteiger partial charge in [0.25, 0.3) is 0 Å². The summed E-state index contributed by atoms with van der Waals surface area (Å²) >= 11 is 0. The Labute approximate surface area is 110 Å². The lowest BCUT2D eigenvalue weighted by molar-refractivity contribution is -0.125. The van der Waals surface area contributed by atoms with E-state index in [4.69, 9.17) is 5.73 Å². The summed E-state index contributed by atoms with van der Waals surface area (Å²) in [6.45, 7) is 6.10. The fourth-order valence-electron chi connectivity index (χ4n) is 1.77. The van der Waals surface area contributed by atoms with E-state index in [1.54, 1.807) is 0 Å². The van der Waals surface area contributed by atoms with E-state index >= 15 is 0 Å². The summed E-state index contributed by atoms with van der Waals surface area (Å²) < 4.78 is 0. The van der Waals surface area contributed by atoms with E-state index in [9.17, 15) is 15.0 Å². The van der Waals surface area contributed by atoms with Gasteiger partial charge in [0.15, 0.2) is 0 Å². The number of nitrogens with one attached hydrogen (secondary N) is 1. The lowest BCUT2D eigenvalue weighted by Gasteiger charge is -2.30. The van der Waals surface area contributed by atoms with Gasteiger partial charge >= 0.3 is 0 Å². The lowest BCUT2D eigenvalue weighted by atomic mass is 9.84. The first-order chi connectivity index (χ1) is 8.34. The van der Waals surface area contributed by atoms with Crippen molar-refractivity contribution in [3.63, 3.8) is 0 Å². The molecule has 0 aliphatic heterocycles. The number of aliphatic hydroxyl groups excluding tert-OH is 2. The molecule has 108 valence electrons. The van der Waals surface area contributed by atoms with Crippen molar-refractivity contribution < 1.29 is 15.0 Å². The van der Waals surface area contributed by atoms with Crippen molar-refractivity contribution in [2.45, 2.75) is 52.0 Å². The summed E-state index contributed by atoms with van der Waals surface area (Å²) in [6, 6.07) is 0. The van der Waals surface area contributed by atoms with Crippen LogP contribution in [0.15, 0.2) is 0 Å². The standard InChI is InChI=1S/C13H28N2O3/c1-4-13(9-16,10-17)15-11(18)5-6-12(2,3)7-8-14/h16-17H,4-10,14H2,1-3H3,(H,15,18). The number of hydrogen-bond donors (Lipinski definition) is 4. The zero-order valence-electron chi connectivity index (χ0n) is 11.8. The van der Waals surface area contributed by atoms with Gasteiger partial charge in [0.05, 0.1) is 18.8 Å². The van der Waals surface area contributed by atoms with Crippen molar-refractivity contribution in [1.29, 1.82) is 0 Å². The maximum absolute atomic E-state index is 11.8. The predicted octanol–water partition coefficient (Wildman–Crippen LogP) is 0.391. The quantitative estimate of drug-likeness (QED) is 0.482. The summed E-state index contributed by atoms with van der Waals surface area (Å²) in [4.78, 5) is 11.8. The molecule has 0 aliphatic rings. The second-order valence-electron chi connectivity index (χ2n) is 5.70. The van der Waals surface area contributed by atoms with Crippen molar-refractivity contribution in [2.75, 3.05) is 19.8 Å². The largest absolute Gasteiger partial charge is 0.394 e. The van der Waals surface area contributed by atoms with Crippen LogP contribution in [0.3, 0.4) is 0 Å². The minimum Gasteiger partial charge on any atom is -0.394 e. The van der Waals surface area contributed by atoms with Crippen LogP contribution in [0.25, 0.3) is 0 Å². The molecular formula is C13H28N2O3. The number of rotatable bonds is 9. The normalized spacial score (nSPS) is 12.6. The van der Waals surface area contributed by atoms with Crippen LogP contribution in [0.5, 0.6) is 0 Å². The van der Waals surface area contributed by atoms with Gasteiger partial charge in [0.2, 0.25) is 5.91 Å². The second-order valence-corrected chi connectivity index (χ2v) is 5.70. The molecule has 0 radical (unpaired) electrons. The van der Waals surface area contributed by atoms with Crippen LogP contribution in [-0.2, 0) is 4.79 Å². The van der Waals surface area contributed by atoms with Crippen molar-refractivity contribution in [3.8, 4) is 0 Å². The van der Waals surface area contributed by atoms with Gasteiger partial charge in [-0.25, -0.2) is 0 Å². The monoisotopic (exact) mass is 260 g/mol. The smallest absolute Gasteiger partial charge is 0.220 e. The Hall–Kier alpha value is -0.650. The molecule has 0 saturated heterocycles. The van der Waals surface area contributed by atoms with Gasteiger partial charge in [-0.1, -0.05) is 20.8 Å². The fourth-order valence-corrected chi connectivity index (χ4v) is 1.77. The Morgan fingerprint density at radius 3 is 2.17 bits per heavy atom. The summed E-state index contributed by atoms with van der Waals surface area (Å²) in [5, 5.41) is 21.2. The number of hydrogen-bond acceptors (Lipinski definition) is 4. The minimum atomic E-state index is -0.894. The number of aliphatic hydroxyl groups is 2. The molecule has 18 heavy (non-hydrogen) atoms. The number of amides is 1. The third-order valence-electron chi connectivity index (χ3n) is 3.54. The zero-order valence-corrected chi connectivity index (χ0v) is 11.8. The summed E-state index contributed by atoms with van der Waals surface area (Å²) in [6.07, 6.45) is 2.50. The topological polar surface area (TPSA) is 95.6 Å². The van der Waals surface area contributed by atoms with E-state index in [0.29, 0.717) is 19.4 Å². The maximum Gasteiger partial charge on any atom is 0.220 e. The number of carbonyl (C=O) groups excluding carboxylic acids is 1. The van der Waals surface area contributed by atoms with Crippen molar-refractivity contribution in [2.24, 2.45) is 11.1 Å². The number of carbonyl (C=O) groups is 1. The number of nitrogens with two attached hydrogens (primary N) is 1. The molecular weight excluding hydrogens is 232 g/mol. The zero-order chi connectivity index (χ0) is 14.2. The van der Waals surface area contributed by atoms with E-state index in [-0.39, 0.29) is 24.5 Å². The van der Waals surface area contributed by atoms with Crippen LogP contribution in [-0.4, -0.2) is 41.4 Å². The Kier molecular flexibility index (Phi) is 7.43. The molecule has 0 aromatic rings. The second kappa shape index (κ2) is 7.71. The van der Waals surface area contributed by atoms with Gasteiger partial charge in [0.1, 0.15) is 0 Å². The Bertz CT molecular complexity index is 242. The van der Waals surface area contributed by atoms with Crippen LogP contribution < -0.4 is 11.1 Å². The van der Waals surface area contributed by atoms with Crippen molar-refractivity contribution in [1.82, 2.24) is 5.32 Å². The van der Waals surface area contributed by atoms with Gasteiger partial charge < -0.3 is 21.3 Å². The highest BCUT2D eigenvalue weighted by Gasteiger charge is 2.29. The molecule has 0 rings (SSSR count). The molecule has 0 heterocycles. The first-order valence-electron chi connectivity index (χ1n) is 6.57. The molecule has 5 heteroatoms. The van der Waals surface area contributed by atoms with E-state index in [0.717, 1.165) is 12.8 Å². The third-order valence-corrected chi connectivity index (χ3v) is 3.54. The fraction of sp³-hybridized carbons (Fsp3) is 0.923. The minimum absolute atomic E-state index is 0.0411. The van der Waals surface area contributed by atoms with Crippen LogP contribution in [0, 0.1) is 5.41 Å². The first kappa shape index (κ1) is 17.4. The summed E-state index contributed by atoms with van der Waals surface area (Å²) in [5.74, 6) is -0.134. The molecule has 0 atom stereocenters. The highest BCUT2D eigenvalue weighted by Crippen LogP contribution is 2.25. The molecule has 0 unspecified atom stereocenters. The van der Waals surface area contributed by atoms with Crippen LogP contribution in [0.1, 0.15) is 46.5 Å². The molecule has 0 aromatic heterocycles. The molecule has 0 aliphatic carbocycles. The Morgan fingerprint density at radius 2 is 1.78 bits per heavy atom. The lowest BCUT2D eigenvalue weighted by Crippen LogP contribution is -2.53. The molecule has 0 spiro atoms. The van der Waals surface area contributed by atoms with Crippen LogP contribution in [0.4, 0.5) is 0 Å². The average molecular weight is 260 g/mol. The Morgan fingerprint density at radius 1 is 1.22 bits per heavy atom. The van der Waals surface area contributed by atoms with Crippen LogP contribution in [0.2, 0.25) is 0 Å². The van der Waals surface area contributed by atoms with Gasteiger partial charge in [0, 0.05) is 6.42 Å². The summed E-state index contributed by atoms with van der Waals surface area (Å²) in [7, 11) is 0. The molecule has 5 nitrogen and oxygen atoms in total. The highest BCUT2D eigenvalue weighted by atomic mass is 16.3. The van der Waals surface area contributed by atoms with E-state index in [2.05, 4.69) is 19.2 Å². The maximum atomic E-state index is 11.8. The predicted molar refractivity (Wildman–Crippen MR) is 72.0 cm³/mol. The van der Waals surface area contributed by atoms with E-state index in [1.165, 1.54) is 0 Å². The summed E-state index contributed by atoms with van der Waals surface area (Å²) in [5.41, 5.74) is 4.67.